The molecule has 0 aliphatic heterocycles. The van der Waals surface area contributed by atoms with Crippen LogP contribution < -0.4 is 17.2 Å². The molecular formula is C35H52ClN7OS3. The molecule has 0 atom stereocenters. The van der Waals surface area contributed by atoms with Gasteiger partial charge in [0.2, 0.25) is 0 Å². The number of thiazole rings is 2. The largest absolute Gasteiger partial charge is 0.508 e. The van der Waals surface area contributed by atoms with E-state index in [0.717, 1.165) is 17.2 Å². The second-order valence-corrected chi connectivity index (χ2v) is 15.4. The Balaban J connectivity index is 0.000000294. The number of hydrogen-bond acceptors (Lipinski definition) is 11. The highest BCUT2D eigenvalue weighted by Gasteiger charge is 2.10. The molecule has 0 saturated carbocycles. The SMILES string of the molecule is CC(C)c1ccc(O)cc1.CC(C)c1ccccc1.CC(C)c1csc(N)n1.CC(C)c1nc(N)sc1Cl.CC(C)c1nsc(N)n1. The second-order valence-electron chi connectivity index (χ2n) is 12.1. The quantitative estimate of drug-likeness (QED) is 0.140. The topological polar surface area (TPSA) is 150 Å². The van der Waals surface area contributed by atoms with E-state index in [1.54, 1.807) is 12.1 Å². The number of rotatable bonds is 5. The van der Waals surface area contributed by atoms with E-state index in [0.29, 0.717) is 55.1 Å². The molecule has 258 valence electrons. The van der Waals surface area contributed by atoms with Crippen LogP contribution in [0.5, 0.6) is 5.75 Å². The van der Waals surface area contributed by atoms with Crippen LogP contribution >= 0.6 is 45.8 Å². The van der Waals surface area contributed by atoms with Gasteiger partial charge in [0.15, 0.2) is 15.4 Å². The van der Waals surface area contributed by atoms with Crippen LogP contribution in [0.3, 0.4) is 0 Å². The van der Waals surface area contributed by atoms with Gasteiger partial charge in [-0.3, -0.25) is 0 Å². The molecule has 3 heterocycles. The highest BCUT2D eigenvalue weighted by atomic mass is 35.5. The van der Waals surface area contributed by atoms with E-state index in [1.807, 2.05) is 51.3 Å². The van der Waals surface area contributed by atoms with Crippen LogP contribution in [0.25, 0.3) is 0 Å². The molecule has 7 N–H and O–H groups in total. The molecule has 0 unspecified atom stereocenters. The lowest BCUT2D eigenvalue weighted by atomic mass is 10.0. The van der Waals surface area contributed by atoms with Crippen LogP contribution in [-0.4, -0.2) is 24.4 Å². The van der Waals surface area contributed by atoms with E-state index in [-0.39, 0.29) is 0 Å². The van der Waals surface area contributed by atoms with Crippen LogP contribution in [-0.2, 0) is 0 Å². The van der Waals surface area contributed by atoms with Crippen molar-refractivity contribution in [2.45, 2.75) is 98.8 Å². The molecule has 0 aliphatic carbocycles. The Morgan fingerprint density at radius 1 is 0.617 bits per heavy atom. The number of phenolic OH excluding ortho intramolecular Hbond substituents is 1. The molecule has 5 rings (SSSR count). The molecule has 47 heavy (non-hydrogen) atoms. The van der Waals surface area contributed by atoms with Crippen molar-refractivity contribution in [3.8, 4) is 5.75 Å². The van der Waals surface area contributed by atoms with Crippen LogP contribution in [0.4, 0.5) is 15.4 Å². The van der Waals surface area contributed by atoms with E-state index >= 15 is 0 Å². The molecule has 0 spiro atoms. The molecule has 8 nitrogen and oxygen atoms in total. The highest BCUT2D eigenvalue weighted by Crippen LogP contribution is 2.30. The molecule has 5 aromatic rings. The summed E-state index contributed by atoms with van der Waals surface area (Å²) < 4.78 is 4.74. The predicted molar refractivity (Wildman–Crippen MR) is 207 cm³/mol. The average molecular weight is 719 g/mol. The van der Waals surface area contributed by atoms with E-state index in [4.69, 9.17) is 33.9 Å². The number of halogens is 1. The zero-order valence-electron chi connectivity index (χ0n) is 29.2. The number of anilines is 3. The molecule has 3 aromatic heterocycles. The first-order valence-corrected chi connectivity index (χ1v) is 18.4. The maximum absolute atomic E-state index is 8.94. The Labute approximate surface area is 298 Å². The van der Waals surface area contributed by atoms with Gasteiger partial charge in [-0.1, -0.05) is 135 Å². The molecule has 0 radical (unpaired) electrons. The Kier molecular flexibility index (Phi) is 19.2. The van der Waals surface area contributed by atoms with Gasteiger partial charge >= 0.3 is 0 Å². The average Bonchev–Trinajstić information content (AvgIpc) is 3.74. The van der Waals surface area contributed by atoms with Crippen LogP contribution in [0.15, 0.2) is 60.0 Å². The van der Waals surface area contributed by atoms with Crippen molar-refractivity contribution in [2.75, 3.05) is 17.2 Å². The fourth-order valence-electron chi connectivity index (χ4n) is 3.43. The zero-order chi connectivity index (χ0) is 35.7. The summed E-state index contributed by atoms with van der Waals surface area (Å²) in [4.78, 5) is 12.2. The van der Waals surface area contributed by atoms with Gasteiger partial charge in [-0.15, -0.1) is 11.3 Å². The number of benzene rings is 2. The monoisotopic (exact) mass is 717 g/mol. The molecule has 0 fully saturated rings. The van der Waals surface area contributed by atoms with Crippen molar-refractivity contribution in [3.63, 3.8) is 0 Å². The first-order valence-electron chi connectivity index (χ1n) is 15.6. The van der Waals surface area contributed by atoms with Gasteiger partial charge in [0, 0.05) is 22.8 Å². The summed E-state index contributed by atoms with van der Waals surface area (Å²) >= 11 is 9.89. The molecule has 12 heteroatoms. The normalized spacial score (nSPS) is 10.5. The number of nitrogen functional groups attached to an aromatic ring is 3. The van der Waals surface area contributed by atoms with E-state index in [1.165, 1.54) is 45.3 Å². The van der Waals surface area contributed by atoms with E-state index in [2.05, 4.69) is 85.1 Å². The van der Waals surface area contributed by atoms with Crippen molar-refractivity contribution >= 4 is 61.2 Å². The van der Waals surface area contributed by atoms with Crippen molar-refractivity contribution in [2.24, 2.45) is 0 Å². The number of aromatic nitrogens is 4. The number of phenols is 1. The van der Waals surface area contributed by atoms with Crippen LogP contribution in [0, 0.1) is 0 Å². The number of nitrogens with two attached hydrogens (primary N) is 3. The Hall–Kier alpha value is -3.25. The summed E-state index contributed by atoms with van der Waals surface area (Å²) in [7, 11) is 0. The maximum atomic E-state index is 8.94. The molecular weight excluding hydrogens is 666 g/mol. The summed E-state index contributed by atoms with van der Waals surface area (Å²) in [5, 5.41) is 12.7. The summed E-state index contributed by atoms with van der Waals surface area (Å²) in [6, 6.07) is 17.8. The highest BCUT2D eigenvalue weighted by molar-refractivity contribution is 7.19. The van der Waals surface area contributed by atoms with Crippen LogP contribution in [0.1, 0.15) is 127 Å². The van der Waals surface area contributed by atoms with Gasteiger partial charge in [-0.2, -0.15) is 4.37 Å². The molecule has 0 amide bonds. The van der Waals surface area contributed by atoms with Gasteiger partial charge in [-0.05, 0) is 46.9 Å². The second kappa shape index (κ2) is 21.6. The Morgan fingerprint density at radius 3 is 1.45 bits per heavy atom. The van der Waals surface area contributed by atoms with E-state index in [9.17, 15) is 0 Å². The van der Waals surface area contributed by atoms with Gasteiger partial charge in [0.05, 0.1) is 11.4 Å². The third-order valence-electron chi connectivity index (χ3n) is 6.30. The molecule has 2 aromatic carbocycles. The smallest absolute Gasteiger partial charge is 0.199 e. The predicted octanol–water partition coefficient (Wildman–Crippen LogP) is 10.9. The summed E-state index contributed by atoms with van der Waals surface area (Å²) in [6.07, 6.45) is 0. The lowest BCUT2D eigenvalue weighted by Crippen LogP contribution is -1.90. The number of hydrogen-bond donors (Lipinski definition) is 4. The minimum absolute atomic E-state index is 0.337. The summed E-state index contributed by atoms with van der Waals surface area (Å²) in [5.41, 5.74) is 20.9. The van der Waals surface area contributed by atoms with Crippen molar-refractivity contribution in [1.82, 2.24) is 19.3 Å². The first-order chi connectivity index (χ1) is 22.0. The van der Waals surface area contributed by atoms with Gasteiger partial charge < -0.3 is 22.3 Å². The minimum Gasteiger partial charge on any atom is -0.508 e. The fraction of sp³-hybridized carbons (Fsp3) is 0.429. The Morgan fingerprint density at radius 2 is 1.17 bits per heavy atom. The lowest BCUT2D eigenvalue weighted by Gasteiger charge is -2.03. The number of aromatic hydroxyl groups is 1. The van der Waals surface area contributed by atoms with Gasteiger partial charge in [0.1, 0.15) is 15.9 Å². The molecule has 0 aliphatic rings. The standard InChI is InChI=1S/C9H12O.C9H12.C6H9ClN2S.C6H10N2S.C5H9N3S/c1-7(2)8-3-5-9(10)6-4-8;1-8(2)9-6-4-3-5-7-9;1-3(2)4-5(7)10-6(8)9-4;1-4(2)5-3-9-6(7)8-5;1-3(2)4-7-5(6)9-8-4/h3-7,10H,1-2H3;3-8H,1-2H3;3H,1-2H3,(H2,8,9);3-4H,1-2H3,(H2,7,8);3H,1-2H3,(H2,6,7,8). The maximum Gasteiger partial charge on any atom is 0.199 e. The van der Waals surface area contributed by atoms with Crippen molar-refractivity contribution in [3.05, 3.63) is 92.7 Å². The summed E-state index contributed by atoms with van der Waals surface area (Å²) in [5.74, 6) is 3.63. The van der Waals surface area contributed by atoms with Crippen molar-refractivity contribution in [1.29, 1.82) is 0 Å². The third-order valence-corrected chi connectivity index (χ3v) is 8.67. The third kappa shape index (κ3) is 16.9. The zero-order valence-corrected chi connectivity index (χ0v) is 32.4. The molecule has 0 bridgehead atoms. The van der Waals surface area contributed by atoms with Crippen molar-refractivity contribution < 1.29 is 5.11 Å². The fourth-order valence-corrected chi connectivity index (χ4v) is 5.94. The lowest BCUT2D eigenvalue weighted by molar-refractivity contribution is 0.475. The van der Waals surface area contributed by atoms with Crippen LogP contribution in [0.2, 0.25) is 4.34 Å². The van der Waals surface area contributed by atoms with E-state index < -0.39 is 0 Å². The summed E-state index contributed by atoms with van der Waals surface area (Å²) in [6.45, 7) is 21.1. The minimum atomic E-state index is 0.337. The number of nitrogens with zero attached hydrogens (tertiary/aromatic N) is 4. The molecule has 0 saturated heterocycles. The Bertz CT molecular complexity index is 1490. The first kappa shape index (κ1) is 41.8. The van der Waals surface area contributed by atoms with Gasteiger partial charge in [-0.25, -0.2) is 15.0 Å². The van der Waals surface area contributed by atoms with Gasteiger partial charge in [0.25, 0.3) is 0 Å².